The maximum atomic E-state index is 11.4. The first-order valence-electron chi connectivity index (χ1n) is 6.46. The van der Waals surface area contributed by atoms with Gasteiger partial charge in [-0.15, -0.1) is 0 Å². The van der Waals surface area contributed by atoms with Crippen LogP contribution in [0, 0.1) is 11.8 Å². The van der Waals surface area contributed by atoms with E-state index in [0.717, 1.165) is 38.0 Å². The molecule has 0 aliphatic heterocycles. The van der Waals surface area contributed by atoms with Crippen LogP contribution in [0.2, 0.25) is 0 Å². The topological polar surface area (TPSA) is 37.3 Å². The fraction of sp³-hybridized carbons (Fsp3) is 0.923. The molecule has 2 atom stereocenters. The van der Waals surface area contributed by atoms with Crippen molar-refractivity contribution in [3.63, 3.8) is 0 Å². The molecule has 0 aromatic heterocycles. The molecule has 0 heterocycles. The Balaban J connectivity index is 1.71. The number of hydrogen-bond donors (Lipinski definition) is 1. The van der Waals surface area contributed by atoms with Gasteiger partial charge >= 0.3 is 0 Å². The van der Waals surface area contributed by atoms with Crippen LogP contribution < -0.4 is 0 Å². The van der Waals surface area contributed by atoms with E-state index in [1.165, 1.54) is 25.7 Å². The van der Waals surface area contributed by atoms with E-state index >= 15 is 0 Å². The van der Waals surface area contributed by atoms with Crippen LogP contribution in [0.4, 0.5) is 0 Å². The molecule has 86 valence electrons. The molecule has 2 aliphatic rings. The number of carbonyl (C=O) groups is 1. The van der Waals surface area contributed by atoms with E-state index in [1.54, 1.807) is 0 Å². The number of Topliss-reactive ketones (excluding diaryl/α,β-unsaturated/α-hetero) is 1. The minimum Gasteiger partial charge on any atom is -0.393 e. The first-order chi connectivity index (χ1) is 7.25. The van der Waals surface area contributed by atoms with Gasteiger partial charge in [0.15, 0.2) is 0 Å². The van der Waals surface area contributed by atoms with Crippen LogP contribution in [0.25, 0.3) is 0 Å². The van der Waals surface area contributed by atoms with Gasteiger partial charge in [-0.25, -0.2) is 0 Å². The SMILES string of the molecule is O=C1CCCC1CC(O)CC1CCCC1. The molecule has 0 spiro atoms. The van der Waals surface area contributed by atoms with Gasteiger partial charge in [0.05, 0.1) is 6.10 Å². The maximum absolute atomic E-state index is 11.4. The third-order valence-electron chi connectivity index (χ3n) is 4.07. The Labute approximate surface area is 92.1 Å². The van der Waals surface area contributed by atoms with E-state index in [4.69, 9.17) is 0 Å². The van der Waals surface area contributed by atoms with E-state index in [9.17, 15) is 9.90 Å². The molecular weight excluding hydrogens is 188 g/mol. The standard InChI is InChI=1S/C13H22O2/c14-12(8-10-4-1-2-5-10)9-11-6-3-7-13(11)15/h10-12,14H,1-9H2. The summed E-state index contributed by atoms with van der Waals surface area (Å²) in [6.07, 6.45) is 9.49. The summed E-state index contributed by atoms with van der Waals surface area (Å²) in [5, 5.41) is 9.94. The molecule has 2 unspecified atom stereocenters. The molecule has 15 heavy (non-hydrogen) atoms. The van der Waals surface area contributed by atoms with Crippen LogP contribution in [-0.4, -0.2) is 17.0 Å². The van der Waals surface area contributed by atoms with Gasteiger partial charge in [-0.3, -0.25) is 4.79 Å². The number of hydrogen-bond acceptors (Lipinski definition) is 2. The van der Waals surface area contributed by atoms with Crippen LogP contribution >= 0.6 is 0 Å². The maximum Gasteiger partial charge on any atom is 0.136 e. The zero-order valence-electron chi connectivity index (χ0n) is 9.45. The van der Waals surface area contributed by atoms with E-state index in [-0.39, 0.29) is 12.0 Å². The van der Waals surface area contributed by atoms with Crippen LogP contribution in [0.15, 0.2) is 0 Å². The van der Waals surface area contributed by atoms with Crippen molar-refractivity contribution in [2.45, 2.75) is 63.9 Å². The van der Waals surface area contributed by atoms with Gasteiger partial charge in [0.2, 0.25) is 0 Å². The number of aliphatic hydroxyl groups excluding tert-OH is 1. The predicted octanol–water partition coefficient (Wildman–Crippen LogP) is 2.69. The molecule has 2 saturated carbocycles. The van der Waals surface area contributed by atoms with Crippen molar-refractivity contribution < 1.29 is 9.90 Å². The van der Waals surface area contributed by atoms with E-state index in [2.05, 4.69) is 0 Å². The molecular formula is C13H22O2. The summed E-state index contributed by atoms with van der Waals surface area (Å²) in [7, 11) is 0. The quantitative estimate of drug-likeness (QED) is 0.774. The van der Waals surface area contributed by atoms with Crippen molar-refractivity contribution in [3.8, 4) is 0 Å². The summed E-state index contributed by atoms with van der Waals surface area (Å²) in [6, 6.07) is 0. The minimum atomic E-state index is -0.222. The summed E-state index contributed by atoms with van der Waals surface area (Å²) in [5.74, 6) is 1.30. The van der Waals surface area contributed by atoms with Crippen molar-refractivity contribution >= 4 is 5.78 Å². The minimum absolute atomic E-state index is 0.182. The average molecular weight is 210 g/mol. The molecule has 0 aromatic rings. The van der Waals surface area contributed by atoms with Crippen molar-refractivity contribution in [2.24, 2.45) is 11.8 Å². The number of ketones is 1. The smallest absolute Gasteiger partial charge is 0.136 e. The van der Waals surface area contributed by atoms with Crippen LogP contribution in [0.1, 0.15) is 57.8 Å². The average Bonchev–Trinajstić information content (AvgIpc) is 2.79. The molecule has 2 heteroatoms. The molecule has 0 bridgehead atoms. The lowest BCUT2D eigenvalue weighted by Gasteiger charge is -2.17. The molecule has 2 fully saturated rings. The Morgan fingerprint density at radius 1 is 1.13 bits per heavy atom. The lowest BCUT2D eigenvalue weighted by Crippen LogP contribution is -2.19. The summed E-state index contributed by atoms with van der Waals surface area (Å²) in [4.78, 5) is 11.4. The molecule has 0 amide bonds. The van der Waals surface area contributed by atoms with Crippen molar-refractivity contribution in [1.82, 2.24) is 0 Å². The Morgan fingerprint density at radius 3 is 2.47 bits per heavy atom. The first-order valence-corrected chi connectivity index (χ1v) is 6.46. The second-order valence-electron chi connectivity index (χ2n) is 5.33. The highest BCUT2D eigenvalue weighted by Gasteiger charge is 2.28. The highest BCUT2D eigenvalue weighted by atomic mass is 16.3. The fourth-order valence-electron chi connectivity index (χ4n) is 3.19. The fourth-order valence-corrected chi connectivity index (χ4v) is 3.19. The van der Waals surface area contributed by atoms with E-state index in [1.807, 2.05) is 0 Å². The van der Waals surface area contributed by atoms with Gasteiger partial charge in [0, 0.05) is 12.3 Å². The summed E-state index contributed by atoms with van der Waals surface area (Å²) in [6.45, 7) is 0. The number of rotatable bonds is 4. The van der Waals surface area contributed by atoms with Crippen molar-refractivity contribution in [2.75, 3.05) is 0 Å². The highest BCUT2D eigenvalue weighted by Crippen LogP contribution is 2.32. The summed E-state index contributed by atoms with van der Waals surface area (Å²) >= 11 is 0. The van der Waals surface area contributed by atoms with Gasteiger partial charge in [0.25, 0.3) is 0 Å². The third-order valence-corrected chi connectivity index (χ3v) is 4.07. The lowest BCUT2D eigenvalue weighted by molar-refractivity contribution is -0.121. The Morgan fingerprint density at radius 2 is 1.87 bits per heavy atom. The zero-order chi connectivity index (χ0) is 10.7. The zero-order valence-corrected chi connectivity index (χ0v) is 9.45. The van der Waals surface area contributed by atoms with Gasteiger partial charge in [-0.1, -0.05) is 25.7 Å². The van der Waals surface area contributed by atoms with Crippen molar-refractivity contribution in [1.29, 1.82) is 0 Å². The monoisotopic (exact) mass is 210 g/mol. The molecule has 1 N–H and O–H groups in total. The van der Waals surface area contributed by atoms with E-state index in [0.29, 0.717) is 5.78 Å². The van der Waals surface area contributed by atoms with Crippen LogP contribution in [0.3, 0.4) is 0 Å². The highest BCUT2D eigenvalue weighted by molar-refractivity contribution is 5.82. The van der Waals surface area contributed by atoms with Gasteiger partial charge in [0.1, 0.15) is 5.78 Å². The normalized spacial score (nSPS) is 29.9. The second-order valence-corrected chi connectivity index (χ2v) is 5.33. The molecule has 2 aliphatic carbocycles. The predicted molar refractivity (Wildman–Crippen MR) is 59.5 cm³/mol. The lowest BCUT2D eigenvalue weighted by atomic mass is 9.92. The summed E-state index contributed by atoms with van der Waals surface area (Å²) < 4.78 is 0. The van der Waals surface area contributed by atoms with Crippen molar-refractivity contribution in [3.05, 3.63) is 0 Å². The van der Waals surface area contributed by atoms with Gasteiger partial charge in [-0.2, -0.15) is 0 Å². The Bertz CT molecular complexity index is 219. The number of carbonyl (C=O) groups excluding carboxylic acids is 1. The molecule has 0 radical (unpaired) electrons. The largest absolute Gasteiger partial charge is 0.393 e. The molecule has 2 nitrogen and oxygen atoms in total. The molecule has 0 saturated heterocycles. The second kappa shape index (κ2) is 5.11. The van der Waals surface area contributed by atoms with Gasteiger partial charge in [-0.05, 0) is 31.6 Å². The van der Waals surface area contributed by atoms with Crippen LogP contribution in [-0.2, 0) is 4.79 Å². The van der Waals surface area contributed by atoms with Crippen LogP contribution in [0.5, 0.6) is 0 Å². The third kappa shape index (κ3) is 3.04. The summed E-state index contributed by atoms with van der Waals surface area (Å²) in [5.41, 5.74) is 0. The van der Waals surface area contributed by atoms with E-state index < -0.39 is 0 Å². The van der Waals surface area contributed by atoms with Gasteiger partial charge < -0.3 is 5.11 Å². The molecule has 2 rings (SSSR count). The molecule has 0 aromatic carbocycles. The Hall–Kier alpha value is -0.370. The number of aliphatic hydroxyl groups is 1. The first kappa shape index (κ1) is 11.1. The Kier molecular flexibility index (Phi) is 3.79.